The van der Waals surface area contributed by atoms with Gasteiger partial charge in [0.15, 0.2) is 0 Å². The van der Waals surface area contributed by atoms with Crippen LogP contribution in [-0.4, -0.2) is 48.8 Å². The number of fused-ring (bicyclic) bond motifs is 1. The molecule has 1 aliphatic carbocycles. The highest BCUT2D eigenvalue weighted by Crippen LogP contribution is 2.22. The Balaban J connectivity index is 1.32. The van der Waals surface area contributed by atoms with Crippen molar-refractivity contribution in [3.63, 3.8) is 0 Å². The van der Waals surface area contributed by atoms with Crippen LogP contribution in [0, 0.1) is 0 Å². The third kappa shape index (κ3) is 4.65. The number of hydrogen-bond acceptors (Lipinski definition) is 4. The molecule has 0 radical (unpaired) electrons. The van der Waals surface area contributed by atoms with E-state index in [1.54, 1.807) is 24.1 Å². The van der Waals surface area contributed by atoms with Gasteiger partial charge in [-0.2, -0.15) is 0 Å². The summed E-state index contributed by atoms with van der Waals surface area (Å²) < 4.78 is 27.1. The van der Waals surface area contributed by atoms with Gasteiger partial charge in [0.1, 0.15) is 5.82 Å². The van der Waals surface area contributed by atoms with Gasteiger partial charge in [-0.1, -0.05) is 12.1 Å². The summed E-state index contributed by atoms with van der Waals surface area (Å²) >= 11 is 0. The number of amides is 1. The number of sulfonamides is 1. The fourth-order valence-electron chi connectivity index (χ4n) is 3.19. The summed E-state index contributed by atoms with van der Waals surface area (Å²) in [7, 11) is -1.75. The lowest BCUT2D eigenvalue weighted by Crippen LogP contribution is -2.28. The average molecular weight is 413 g/mol. The Labute approximate surface area is 170 Å². The van der Waals surface area contributed by atoms with Crippen LogP contribution < -0.4 is 4.72 Å². The van der Waals surface area contributed by atoms with E-state index >= 15 is 0 Å². The Bertz CT molecular complexity index is 1090. The minimum Gasteiger partial charge on any atom is -0.342 e. The van der Waals surface area contributed by atoms with Crippen molar-refractivity contribution in [1.29, 1.82) is 0 Å². The zero-order valence-electron chi connectivity index (χ0n) is 16.3. The summed E-state index contributed by atoms with van der Waals surface area (Å²) in [5.41, 5.74) is 2.43. The van der Waals surface area contributed by atoms with Crippen LogP contribution in [-0.2, 0) is 16.4 Å². The maximum absolute atomic E-state index is 12.6. The molecule has 1 saturated carbocycles. The number of carbonyl (C=O) groups is 1. The van der Waals surface area contributed by atoms with Crippen molar-refractivity contribution in [3.8, 4) is 0 Å². The van der Waals surface area contributed by atoms with E-state index in [1.807, 2.05) is 24.3 Å². The molecule has 2 N–H and O–H groups in total. The Hall–Kier alpha value is -2.71. The van der Waals surface area contributed by atoms with Gasteiger partial charge in [-0.25, -0.2) is 18.1 Å². The number of benzene rings is 2. The van der Waals surface area contributed by atoms with E-state index in [1.165, 1.54) is 12.1 Å². The molecule has 0 bridgehead atoms. The number of hydrogen-bond donors (Lipinski definition) is 2. The van der Waals surface area contributed by atoms with Gasteiger partial charge in [-0.15, -0.1) is 0 Å². The molecule has 152 valence electrons. The molecular formula is C21H24N4O3S. The molecule has 0 aliphatic heterocycles. The maximum Gasteiger partial charge on any atom is 0.253 e. The van der Waals surface area contributed by atoms with Crippen LogP contribution in [0.3, 0.4) is 0 Å². The summed E-state index contributed by atoms with van der Waals surface area (Å²) in [5.74, 6) is 0.776. The lowest BCUT2D eigenvalue weighted by molar-refractivity contribution is 0.0793. The van der Waals surface area contributed by atoms with Gasteiger partial charge >= 0.3 is 0 Å². The number of nitrogens with zero attached hydrogens (tertiary/aromatic N) is 2. The fourth-order valence-corrected chi connectivity index (χ4v) is 4.50. The smallest absolute Gasteiger partial charge is 0.253 e. The molecule has 1 aromatic heterocycles. The van der Waals surface area contributed by atoms with Crippen molar-refractivity contribution >= 4 is 27.0 Å². The zero-order valence-corrected chi connectivity index (χ0v) is 17.1. The minimum atomic E-state index is -3.50. The normalized spacial score (nSPS) is 14.2. The molecule has 1 amide bonds. The quantitative estimate of drug-likeness (QED) is 0.595. The van der Waals surface area contributed by atoms with Crippen molar-refractivity contribution < 1.29 is 13.2 Å². The summed E-state index contributed by atoms with van der Waals surface area (Å²) in [6.45, 7) is 0.583. The van der Waals surface area contributed by atoms with Crippen molar-refractivity contribution in [2.75, 3.05) is 13.6 Å². The molecule has 1 heterocycles. The van der Waals surface area contributed by atoms with Crippen molar-refractivity contribution in [2.45, 2.75) is 36.6 Å². The fraction of sp³-hybridized carbons (Fsp3) is 0.333. The van der Waals surface area contributed by atoms with Gasteiger partial charge in [-0.3, -0.25) is 4.79 Å². The van der Waals surface area contributed by atoms with Crippen LogP contribution in [0.5, 0.6) is 0 Å². The molecule has 2 aromatic carbocycles. The first-order chi connectivity index (χ1) is 13.9. The molecule has 29 heavy (non-hydrogen) atoms. The van der Waals surface area contributed by atoms with E-state index in [9.17, 15) is 13.2 Å². The molecule has 0 atom stereocenters. The number of rotatable bonds is 8. The Kier molecular flexibility index (Phi) is 5.38. The van der Waals surface area contributed by atoms with E-state index in [2.05, 4.69) is 14.7 Å². The van der Waals surface area contributed by atoms with Crippen LogP contribution in [0.2, 0.25) is 0 Å². The predicted molar refractivity (Wildman–Crippen MR) is 111 cm³/mol. The molecule has 0 saturated heterocycles. The van der Waals surface area contributed by atoms with Gasteiger partial charge in [-0.05, 0) is 55.7 Å². The monoisotopic (exact) mass is 412 g/mol. The number of H-pyrrole nitrogens is 1. The maximum atomic E-state index is 12.6. The lowest BCUT2D eigenvalue weighted by atomic mass is 10.2. The summed E-state index contributed by atoms with van der Waals surface area (Å²) in [4.78, 5) is 22.3. The van der Waals surface area contributed by atoms with E-state index in [0.717, 1.165) is 42.5 Å². The first kappa shape index (κ1) is 19.6. The van der Waals surface area contributed by atoms with Crippen LogP contribution in [0.1, 0.15) is 35.4 Å². The second kappa shape index (κ2) is 7.96. The van der Waals surface area contributed by atoms with Crippen LogP contribution in [0.25, 0.3) is 11.0 Å². The Morgan fingerprint density at radius 2 is 1.90 bits per heavy atom. The number of nitrogens with one attached hydrogen (secondary N) is 2. The Morgan fingerprint density at radius 1 is 1.17 bits per heavy atom. The largest absolute Gasteiger partial charge is 0.342 e. The van der Waals surface area contributed by atoms with Crippen LogP contribution >= 0.6 is 0 Å². The van der Waals surface area contributed by atoms with Gasteiger partial charge in [0, 0.05) is 31.6 Å². The van der Waals surface area contributed by atoms with E-state index in [-0.39, 0.29) is 16.8 Å². The highest BCUT2D eigenvalue weighted by molar-refractivity contribution is 7.89. The lowest BCUT2D eigenvalue weighted by Gasteiger charge is -2.17. The van der Waals surface area contributed by atoms with E-state index < -0.39 is 10.0 Å². The Morgan fingerprint density at radius 3 is 2.59 bits per heavy atom. The molecule has 0 unspecified atom stereocenters. The number of para-hydroxylation sites is 2. The standard InChI is InChI=1S/C21H24N4O3S/c1-25(14-4-7-20-22-18-5-2-3-6-19(18)23-20)21(26)15-8-12-17(13-9-15)29(27,28)24-16-10-11-16/h2-3,5-6,8-9,12-13,16,24H,4,7,10-11,14H2,1H3,(H,22,23). The molecule has 7 nitrogen and oxygen atoms in total. The SMILES string of the molecule is CN(CCCc1nc2ccccc2[nH]1)C(=O)c1ccc(S(=O)(=O)NC2CC2)cc1. The third-order valence-corrected chi connectivity index (χ3v) is 6.54. The second-order valence-electron chi connectivity index (χ2n) is 7.45. The minimum absolute atomic E-state index is 0.0548. The van der Waals surface area contributed by atoms with Crippen LogP contribution in [0.4, 0.5) is 0 Å². The van der Waals surface area contributed by atoms with Crippen molar-refractivity contribution in [1.82, 2.24) is 19.6 Å². The molecular weight excluding hydrogens is 388 g/mol. The zero-order chi connectivity index (χ0) is 20.4. The summed E-state index contributed by atoms with van der Waals surface area (Å²) in [6.07, 6.45) is 3.29. The van der Waals surface area contributed by atoms with Crippen molar-refractivity contribution in [3.05, 3.63) is 59.9 Å². The van der Waals surface area contributed by atoms with Crippen molar-refractivity contribution in [2.24, 2.45) is 0 Å². The highest BCUT2D eigenvalue weighted by atomic mass is 32.2. The third-order valence-electron chi connectivity index (χ3n) is 5.00. The van der Waals surface area contributed by atoms with E-state index in [0.29, 0.717) is 12.1 Å². The van der Waals surface area contributed by atoms with Gasteiger partial charge < -0.3 is 9.88 Å². The molecule has 1 fully saturated rings. The topological polar surface area (TPSA) is 95.2 Å². The van der Waals surface area contributed by atoms with Crippen LogP contribution in [0.15, 0.2) is 53.4 Å². The van der Waals surface area contributed by atoms with Gasteiger partial charge in [0.2, 0.25) is 10.0 Å². The first-order valence-electron chi connectivity index (χ1n) is 9.74. The van der Waals surface area contributed by atoms with Gasteiger partial charge in [0.05, 0.1) is 15.9 Å². The molecule has 3 aromatic rings. The molecule has 0 spiro atoms. The molecule has 8 heteroatoms. The number of aromatic amines is 1. The second-order valence-corrected chi connectivity index (χ2v) is 9.16. The number of aromatic nitrogens is 2. The summed E-state index contributed by atoms with van der Waals surface area (Å²) in [5, 5.41) is 0. The number of imidazole rings is 1. The predicted octanol–water partition coefficient (Wildman–Crippen LogP) is 2.71. The highest BCUT2D eigenvalue weighted by Gasteiger charge is 2.28. The molecule has 4 rings (SSSR count). The van der Waals surface area contributed by atoms with E-state index in [4.69, 9.17) is 0 Å². The first-order valence-corrected chi connectivity index (χ1v) is 11.2. The summed E-state index contributed by atoms with van der Waals surface area (Å²) in [6, 6.07) is 14.0. The molecule has 1 aliphatic rings. The average Bonchev–Trinajstić information content (AvgIpc) is 3.42. The number of aryl methyl sites for hydroxylation is 1. The van der Waals surface area contributed by atoms with Gasteiger partial charge in [0.25, 0.3) is 5.91 Å². The number of carbonyl (C=O) groups excluding carboxylic acids is 1.